The number of hydrogen-bond acceptors (Lipinski definition) is 0. The first-order valence-corrected chi connectivity index (χ1v) is 3.73. The highest BCUT2D eigenvalue weighted by atomic mass is 14.2. The van der Waals surface area contributed by atoms with Crippen LogP contribution in [0.4, 0.5) is 0 Å². The summed E-state index contributed by atoms with van der Waals surface area (Å²) in [4.78, 5) is 0. The zero-order valence-electron chi connectivity index (χ0n) is 6.35. The summed E-state index contributed by atoms with van der Waals surface area (Å²) in [7, 11) is 0. The monoisotopic (exact) mass is 123 g/mol. The summed E-state index contributed by atoms with van der Waals surface area (Å²) < 4.78 is 0. The molecule has 0 N–H and O–H groups in total. The first-order valence-electron chi connectivity index (χ1n) is 3.73. The molecule has 0 heterocycles. The Morgan fingerprint density at radius 3 is 2.33 bits per heavy atom. The summed E-state index contributed by atoms with van der Waals surface area (Å²) in [6.07, 6.45) is 8.55. The minimum Gasteiger partial charge on any atom is -0.0882 e. The highest BCUT2D eigenvalue weighted by Gasteiger charge is 2.10. The molecule has 0 amide bonds. The van der Waals surface area contributed by atoms with Crippen molar-refractivity contribution in [1.82, 2.24) is 0 Å². The van der Waals surface area contributed by atoms with E-state index < -0.39 is 0 Å². The SMILES string of the molecule is C[C](C)CC1CC=CC1. The van der Waals surface area contributed by atoms with Crippen molar-refractivity contribution in [2.45, 2.75) is 33.1 Å². The van der Waals surface area contributed by atoms with E-state index in [1.807, 2.05) is 0 Å². The van der Waals surface area contributed by atoms with Crippen LogP contribution in [0.5, 0.6) is 0 Å². The van der Waals surface area contributed by atoms with Crippen LogP contribution in [-0.2, 0) is 0 Å². The largest absolute Gasteiger partial charge is 0.0882 e. The van der Waals surface area contributed by atoms with E-state index in [-0.39, 0.29) is 0 Å². The summed E-state index contributed by atoms with van der Waals surface area (Å²) in [5.74, 6) is 2.51. The average Bonchev–Trinajstić information content (AvgIpc) is 2.15. The van der Waals surface area contributed by atoms with E-state index in [2.05, 4.69) is 26.0 Å². The van der Waals surface area contributed by atoms with Gasteiger partial charge in [0.15, 0.2) is 0 Å². The summed E-state index contributed by atoms with van der Waals surface area (Å²) in [6.45, 7) is 4.44. The van der Waals surface area contributed by atoms with Gasteiger partial charge in [0.25, 0.3) is 0 Å². The van der Waals surface area contributed by atoms with E-state index in [9.17, 15) is 0 Å². The van der Waals surface area contributed by atoms with Gasteiger partial charge in [-0.15, -0.1) is 0 Å². The molecule has 0 fully saturated rings. The number of allylic oxidation sites excluding steroid dienone is 2. The Balaban J connectivity index is 2.14. The molecule has 0 spiro atoms. The molecular weight excluding hydrogens is 108 g/mol. The zero-order valence-corrected chi connectivity index (χ0v) is 6.35. The Morgan fingerprint density at radius 1 is 1.33 bits per heavy atom. The lowest BCUT2D eigenvalue weighted by atomic mass is 9.95. The van der Waals surface area contributed by atoms with E-state index in [4.69, 9.17) is 0 Å². The molecule has 9 heavy (non-hydrogen) atoms. The highest BCUT2D eigenvalue weighted by molar-refractivity contribution is 4.97. The van der Waals surface area contributed by atoms with Crippen molar-refractivity contribution in [2.75, 3.05) is 0 Å². The quantitative estimate of drug-likeness (QED) is 0.495. The van der Waals surface area contributed by atoms with Crippen molar-refractivity contribution in [3.8, 4) is 0 Å². The summed E-state index contributed by atoms with van der Waals surface area (Å²) in [5.41, 5.74) is 0. The lowest BCUT2D eigenvalue weighted by Gasteiger charge is -2.10. The van der Waals surface area contributed by atoms with Crippen LogP contribution in [0.15, 0.2) is 12.2 Å². The molecule has 0 aromatic rings. The molecule has 1 aliphatic carbocycles. The normalized spacial score (nSPS) is 19.9. The maximum atomic E-state index is 2.30. The molecule has 0 aliphatic heterocycles. The fourth-order valence-corrected chi connectivity index (χ4v) is 1.42. The zero-order chi connectivity index (χ0) is 6.69. The second-order valence-corrected chi connectivity index (χ2v) is 3.22. The van der Waals surface area contributed by atoms with Crippen molar-refractivity contribution in [3.63, 3.8) is 0 Å². The predicted octanol–water partition coefficient (Wildman–Crippen LogP) is 2.96. The maximum absolute atomic E-state index is 2.30. The Kier molecular flexibility index (Phi) is 2.32. The van der Waals surface area contributed by atoms with Crippen LogP contribution in [-0.4, -0.2) is 0 Å². The molecule has 1 radical (unpaired) electrons. The van der Waals surface area contributed by atoms with Gasteiger partial charge < -0.3 is 0 Å². The van der Waals surface area contributed by atoms with Crippen molar-refractivity contribution >= 4 is 0 Å². The van der Waals surface area contributed by atoms with Crippen LogP contribution in [0, 0.1) is 11.8 Å². The van der Waals surface area contributed by atoms with E-state index in [1.54, 1.807) is 5.92 Å². The third-order valence-electron chi connectivity index (χ3n) is 1.80. The van der Waals surface area contributed by atoms with Crippen LogP contribution < -0.4 is 0 Å². The molecule has 0 unspecified atom stereocenters. The van der Waals surface area contributed by atoms with Gasteiger partial charge in [0.05, 0.1) is 0 Å². The number of hydrogen-bond donors (Lipinski definition) is 0. The molecule has 0 saturated heterocycles. The second-order valence-electron chi connectivity index (χ2n) is 3.22. The van der Waals surface area contributed by atoms with Gasteiger partial charge in [-0.25, -0.2) is 0 Å². The van der Waals surface area contributed by atoms with Gasteiger partial charge in [0, 0.05) is 0 Å². The van der Waals surface area contributed by atoms with Gasteiger partial charge in [-0.1, -0.05) is 26.0 Å². The summed E-state index contributed by atoms with van der Waals surface area (Å²) in [5, 5.41) is 0. The maximum Gasteiger partial charge on any atom is -0.0300 e. The topological polar surface area (TPSA) is 0 Å². The smallest absolute Gasteiger partial charge is 0.0300 e. The Hall–Kier alpha value is -0.260. The van der Waals surface area contributed by atoms with Crippen LogP contribution in [0.25, 0.3) is 0 Å². The summed E-state index contributed by atoms with van der Waals surface area (Å²) >= 11 is 0. The van der Waals surface area contributed by atoms with Crippen LogP contribution in [0.1, 0.15) is 33.1 Å². The molecule has 0 heteroatoms. The van der Waals surface area contributed by atoms with Crippen LogP contribution in [0.3, 0.4) is 0 Å². The van der Waals surface area contributed by atoms with Gasteiger partial charge in [-0.3, -0.25) is 0 Å². The van der Waals surface area contributed by atoms with Gasteiger partial charge in [-0.05, 0) is 31.1 Å². The van der Waals surface area contributed by atoms with Crippen molar-refractivity contribution < 1.29 is 0 Å². The van der Waals surface area contributed by atoms with Gasteiger partial charge >= 0.3 is 0 Å². The Labute approximate surface area is 58.0 Å². The summed E-state index contributed by atoms with van der Waals surface area (Å²) in [6, 6.07) is 0. The van der Waals surface area contributed by atoms with E-state index >= 15 is 0 Å². The predicted molar refractivity (Wildman–Crippen MR) is 41.1 cm³/mol. The molecule has 0 nitrogen and oxygen atoms in total. The van der Waals surface area contributed by atoms with Gasteiger partial charge in [-0.2, -0.15) is 0 Å². The standard InChI is InChI=1S/C9H15/c1-8(2)7-9-5-3-4-6-9/h3-4,9H,5-7H2,1-2H3. The molecule has 0 aromatic heterocycles. The third-order valence-corrected chi connectivity index (χ3v) is 1.80. The molecule has 0 bridgehead atoms. The molecule has 1 aliphatic rings. The van der Waals surface area contributed by atoms with Crippen LogP contribution in [0.2, 0.25) is 0 Å². The Bertz CT molecular complexity index is 92.6. The average molecular weight is 123 g/mol. The molecule has 0 atom stereocenters. The van der Waals surface area contributed by atoms with E-state index in [0.29, 0.717) is 0 Å². The molecule has 1 rings (SSSR count). The molecule has 0 saturated carbocycles. The van der Waals surface area contributed by atoms with Crippen molar-refractivity contribution in [3.05, 3.63) is 18.1 Å². The third kappa shape index (κ3) is 2.21. The number of rotatable bonds is 2. The molecular formula is C9H15. The fourth-order valence-electron chi connectivity index (χ4n) is 1.42. The minimum atomic E-state index is 0.940. The van der Waals surface area contributed by atoms with Crippen molar-refractivity contribution in [1.29, 1.82) is 0 Å². The highest BCUT2D eigenvalue weighted by Crippen LogP contribution is 2.25. The van der Waals surface area contributed by atoms with Gasteiger partial charge in [0.1, 0.15) is 0 Å². The first kappa shape index (κ1) is 6.85. The minimum absolute atomic E-state index is 0.940. The lowest BCUT2D eigenvalue weighted by Crippen LogP contribution is -1.97. The van der Waals surface area contributed by atoms with Crippen molar-refractivity contribution in [2.24, 2.45) is 5.92 Å². The van der Waals surface area contributed by atoms with E-state index in [0.717, 1.165) is 5.92 Å². The Morgan fingerprint density at radius 2 is 1.89 bits per heavy atom. The molecule has 51 valence electrons. The lowest BCUT2D eigenvalue weighted by molar-refractivity contribution is 0.533. The fraction of sp³-hybridized carbons (Fsp3) is 0.667. The van der Waals surface area contributed by atoms with Crippen LogP contribution >= 0.6 is 0 Å². The first-order chi connectivity index (χ1) is 4.29. The second kappa shape index (κ2) is 3.05. The molecule has 0 aromatic carbocycles. The van der Waals surface area contributed by atoms with E-state index in [1.165, 1.54) is 19.3 Å². The van der Waals surface area contributed by atoms with Gasteiger partial charge in [0.2, 0.25) is 0 Å².